The van der Waals surface area contributed by atoms with E-state index in [2.05, 4.69) is 46.9 Å². The van der Waals surface area contributed by atoms with Crippen LogP contribution in [-0.4, -0.2) is 55.8 Å². The summed E-state index contributed by atoms with van der Waals surface area (Å²) < 4.78 is 13.1. The predicted molar refractivity (Wildman–Crippen MR) is 120 cm³/mol. The number of rotatable bonds is 5. The summed E-state index contributed by atoms with van der Waals surface area (Å²) in [6.07, 6.45) is 2.32. The van der Waals surface area contributed by atoms with E-state index >= 15 is 0 Å². The highest BCUT2D eigenvalue weighted by Gasteiger charge is 2.52. The Morgan fingerprint density at radius 1 is 1.13 bits per heavy atom. The number of aliphatic hydroxyl groups is 1. The van der Waals surface area contributed by atoms with Crippen LogP contribution in [0.3, 0.4) is 0 Å². The standard InChI is InChI=1S/C25H32FN3O/c1-25-17-28(13-4-7-22(30)18-8-10-19(26)11-9-18)14-12-23(25)29-16-15-27(2)21-6-3-5-20(25)24(21)29/h3,5-6,8-11,22-23,30H,4,7,12-17H2,1-2H3/t22?,23-,25-/m0/s1. The molecule has 1 fully saturated rings. The number of anilines is 2. The molecule has 3 atom stereocenters. The number of likely N-dealkylation sites (tertiary alicyclic amines) is 1. The lowest BCUT2D eigenvalue weighted by Crippen LogP contribution is -2.56. The smallest absolute Gasteiger partial charge is 0.123 e. The van der Waals surface area contributed by atoms with Crippen molar-refractivity contribution in [3.63, 3.8) is 0 Å². The van der Waals surface area contributed by atoms with Crippen molar-refractivity contribution < 1.29 is 9.50 Å². The summed E-state index contributed by atoms with van der Waals surface area (Å²) in [6.45, 7) is 7.84. The molecule has 5 heteroatoms. The Hall–Kier alpha value is -2.11. The van der Waals surface area contributed by atoms with Gasteiger partial charge in [0.15, 0.2) is 0 Å². The Bertz CT molecular complexity index is 917. The van der Waals surface area contributed by atoms with E-state index in [9.17, 15) is 9.50 Å². The van der Waals surface area contributed by atoms with Crippen molar-refractivity contribution in [3.05, 3.63) is 59.4 Å². The highest BCUT2D eigenvalue weighted by molar-refractivity contribution is 5.81. The van der Waals surface area contributed by atoms with Crippen LogP contribution in [0.2, 0.25) is 0 Å². The second-order valence-electron chi connectivity index (χ2n) is 9.50. The first-order valence-corrected chi connectivity index (χ1v) is 11.2. The van der Waals surface area contributed by atoms with E-state index in [1.165, 1.54) is 35.5 Å². The first-order chi connectivity index (χ1) is 14.5. The molecular formula is C25H32FN3O. The number of para-hydroxylation sites is 1. The van der Waals surface area contributed by atoms with Gasteiger partial charge in [-0.1, -0.05) is 31.2 Å². The van der Waals surface area contributed by atoms with Crippen LogP contribution in [-0.2, 0) is 5.41 Å². The molecule has 4 nitrogen and oxygen atoms in total. The summed E-state index contributed by atoms with van der Waals surface area (Å²) in [7, 11) is 2.20. The molecule has 3 heterocycles. The van der Waals surface area contributed by atoms with Crippen molar-refractivity contribution in [2.45, 2.75) is 43.7 Å². The molecule has 2 aromatic rings. The van der Waals surface area contributed by atoms with Gasteiger partial charge in [0.05, 0.1) is 17.5 Å². The molecule has 1 saturated heterocycles. The van der Waals surface area contributed by atoms with Crippen LogP contribution in [0.5, 0.6) is 0 Å². The maximum atomic E-state index is 13.1. The molecule has 0 saturated carbocycles. The summed E-state index contributed by atoms with van der Waals surface area (Å²) in [5.74, 6) is -0.258. The Balaban J connectivity index is 1.26. The van der Waals surface area contributed by atoms with Gasteiger partial charge in [0.2, 0.25) is 0 Å². The van der Waals surface area contributed by atoms with E-state index in [-0.39, 0.29) is 11.2 Å². The Morgan fingerprint density at radius 3 is 2.73 bits per heavy atom. The number of likely N-dealkylation sites (N-methyl/N-ethyl adjacent to an activating group) is 1. The number of hydrogen-bond acceptors (Lipinski definition) is 4. The maximum absolute atomic E-state index is 13.1. The van der Waals surface area contributed by atoms with Crippen LogP contribution in [0.4, 0.5) is 15.8 Å². The fourth-order valence-corrected chi connectivity index (χ4v) is 5.99. The molecule has 2 aromatic carbocycles. The molecule has 0 aliphatic carbocycles. The van der Waals surface area contributed by atoms with E-state index in [0.717, 1.165) is 44.7 Å². The number of hydrogen-bond donors (Lipinski definition) is 1. The zero-order chi connectivity index (χ0) is 20.9. The molecule has 0 spiro atoms. The van der Waals surface area contributed by atoms with E-state index in [1.54, 1.807) is 12.1 Å². The predicted octanol–water partition coefficient (Wildman–Crippen LogP) is 3.94. The van der Waals surface area contributed by atoms with Gasteiger partial charge in [0.1, 0.15) is 5.82 Å². The molecule has 0 aromatic heterocycles. The fraction of sp³-hybridized carbons (Fsp3) is 0.520. The molecule has 30 heavy (non-hydrogen) atoms. The zero-order valence-corrected chi connectivity index (χ0v) is 18.0. The van der Waals surface area contributed by atoms with Crippen LogP contribution in [0.25, 0.3) is 0 Å². The third-order valence-corrected chi connectivity index (χ3v) is 7.59. The minimum absolute atomic E-state index is 0.157. The molecule has 0 amide bonds. The summed E-state index contributed by atoms with van der Waals surface area (Å²) in [6, 6.07) is 13.6. The highest BCUT2D eigenvalue weighted by Crippen LogP contribution is 2.53. The van der Waals surface area contributed by atoms with Crippen LogP contribution in [0, 0.1) is 5.82 Å². The number of aliphatic hydroxyl groups excluding tert-OH is 1. The van der Waals surface area contributed by atoms with Gasteiger partial charge in [-0.2, -0.15) is 0 Å². The minimum Gasteiger partial charge on any atom is -0.388 e. The van der Waals surface area contributed by atoms with Gasteiger partial charge in [0.25, 0.3) is 0 Å². The average molecular weight is 410 g/mol. The largest absolute Gasteiger partial charge is 0.388 e. The van der Waals surface area contributed by atoms with E-state index < -0.39 is 6.10 Å². The summed E-state index contributed by atoms with van der Waals surface area (Å²) in [5, 5.41) is 10.4. The van der Waals surface area contributed by atoms with E-state index in [4.69, 9.17) is 0 Å². The molecular weight excluding hydrogens is 377 g/mol. The van der Waals surface area contributed by atoms with Crippen molar-refractivity contribution in [1.82, 2.24) is 4.90 Å². The first kappa shape index (κ1) is 19.8. The lowest BCUT2D eigenvalue weighted by atomic mass is 9.74. The van der Waals surface area contributed by atoms with Gasteiger partial charge in [0, 0.05) is 44.7 Å². The van der Waals surface area contributed by atoms with Gasteiger partial charge in [-0.15, -0.1) is 0 Å². The zero-order valence-electron chi connectivity index (χ0n) is 18.0. The van der Waals surface area contributed by atoms with Crippen LogP contribution in [0.1, 0.15) is 43.4 Å². The molecule has 3 aliphatic heterocycles. The molecule has 1 N–H and O–H groups in total. The van der Waals surface area contributed by atoms with Gasteiger partial charge < -0.3 is 19.8 Å². The number of piperidine rings is 1. The molecule has 160 valence electrons. The van der Waals surface area contributed by atoms with Crippen LogP contribution in [0.15, 0.2) is 42.5 Å². The minimum atomic E-state index is -0.520. The van der Waals surface area contributed by atoms with Crippen molar-refractivity contribution in [2.75, 3.05) is 49.6 Å². The Labute approximate surface area is 178 Å². The monoisotopic (exact) mass is 409 g/mol. The second-order valence-corrected chi connectivity index (χ2v) is 9.50. The SMILES string of the molecule is CN1CCN2c3c1cccc3[C@]1(C)CN(CCCC(O)c3ccc(F)cc3)CC[C@H]21. The van der Waals surface area contributed by atoms with Gasteiger partial charge >= 0.3 is 0 Å². The number of fused-ring (bicyclic) bond motifs is 3. The molecule has 1 unspecified atom stereocenters. The third kappa shape index (κ3) is 3.19. The third-order valence-electron chi connectivity index (χ3n) is 7.59. The van der Waals surface area contributed by atoms with Crippen LogP contribution >= 0.6 is 0 Å². The van der Waals surface area contributed by atoms with E-state index in [1.807, 2.05) is 0 Å². The van der Waals surface area contributed by atoms with Crippen LogP contribution < -0.4 is 9.80 Å². The summed E-state index contributed by atoms with van der Waals surface area (Å²) in [4.78, 5) is 7.65. The highest BCUT2D eigenvalue weighted by atomic mass is 19.1. The van der Waals surface area contributed by atoms with Gasteiger partial charge in [-0.25, -0.2) is 4.39 Å². The number of nitrogens with zero attached hydrogens (tertiary/aromatic N) is 3. The second kappa shape index (κ2) is 7.54. The quantitative estimate of drug-likeness (QED) is 0.810. The topological polar surface area (TPSA) is 30.0 Å². The molecule has 5 rings (SSSR count). The number of halogens is 1. The van der Waals surface area contributed by atoms with Gasteiger partial charge in [-0.3, -0.25) is 0 Å². The molecule has 0 bridgehead atoms. The van der Waals surface area contributed by atoms with Crippen molar-refractivity contribution in [2.24, 2.45) is 0 Å². The molecule has 3 aliphatic rings. The lowest BCUT2D eigenvalue weighted by molar-refractivity contribution is 0.122. The number of benzene rings is 2. The van der Waals surface area contributed by atoms with Gasteiger partial charge in [-0.05, 0) is 55.1 Å². The fourth-order valence-electron chi connectivity index (χ4n) is 5.99. The lowest BCUT2D eigenvalue weighted by Gasteiger charge is -2.46. The normalized spacial score (nSPS) is 26.5. The summed E-state index contributed by atoms with van der Waals surface area (Å²) >= 11 is 0. The van der Waals surface area contributed by atoms with Crippen molar-refractivity contribution >= 4 is 11.4 Å². The molecule has 0 radical (unpaired) electrons. The van der Waals surface area contributed by atoms with Crippen molar-refractivity contribution in [1.29, 1.82) is 0 Å². The van der Waals surface area contributed by atoms with Crippen molar-refractivity contribution in [3.8, 4) is 0 Å². The van der Waals surface area contributed by atoms with E-state index in [0.29, 0.717) is 12.5 Å². The maximum Gasteiger partial charge on any atom is 0.123 e. The Morgan fingerprint density at radius 2 is 1.93 bits per heavy atom. The Kier molecular flexibility index (Phi) is 4.98. The average Bonchev–Trinajstić information content (AvgIpc) is 3.00. The first-order valence-electron chi connectivity index (χ1n) is 11.2. The summed E-state index contributed by atoms with van der Waals surface area (Å²) in [5.41, 5.74) is 5.31.